The lowest BCUT2D eigenvalue weighted by molar-refractivity contribution is -0.121. The van der Waals surface area contributed by atoms with Crippen LogP contribution in [-0.2, 0) is 16.9 Å². The SMILES string of the molecule is Cc1ccc2oc3c(c(=O)c2c1)C1(C(=O)N(Cc2ccccc2Cl)c2ccccc21)N(c1cc(C)on1)C3=O. The van der Waals surface area contributed by atoms with Crippen molar-refractivity contribution in [1.29, 1.82) is 0 Å². The van der Waals surface area contributed by atoms with Crippen molar-refractivity contribution in [3.63, 3.8) is 0 Å². The summed E-state index contributed by atoms with van der Waals surface area (Å²) in [5.74, 6) is -0.794. The van der Waals surface area contributed by atoms with Crippen molar-refractivity contribution in [2.45, 2.75) is 25.9 Å². The molecular formula is C30H20ClN3O5. The van der Waals surface area contributed by atoms with Gasteiger partial charge in [-0.25, -0.2) is 0 Å². The molecule has 0 bridgehead atoms. The third kappa shape index (κ3) is 3.06. The molecule has 8 nitrogen and oxygen atoms in total. The molecule has 0 N–H and O–H groups in total. The molecule has 2 aromatic heterocycles. The van der Waals surface area contributed by atoms with Gasteiger partial charge in [-0.2, -0.15) is 0 Å². The number of rotatable bonds is 3. The van der Waals surface area contributed by atoms with Crippen molar-refractivity contribution >= 4 is 45.9 Å². The predicted octanol–water partition coefficient (Wildman–Crippen LogP) is 5.50. The van der Waals surface area contributed by atoms with Gasteiger partial charge >= 0.3 is 0 Å². The molecule has 1 spiro atoms. The number of hydrogen-bond acceptors (Lipinski definition) is 6. The van der Waals surface area contributed by atoms with Crippen LogP contribution in [0.15, 0.2) is 86.5 Å². The quantitative estimate of drug-likeness (QED) is 0.301. The van der Waals surface area contributed by atoms with E-state index in [4.69, 9.17) is 20.5 Å². The van der Waals surface area contributed by atoms with Gasteiger partial charge in [0.15, 0.2) is 16.8 Å². The maximum absolute atomic E-state index is 14.8. The Morgan fingerprint density at radius 1 is 0.949 bits per heavy atom. The van der Waals surface area contributed by atoms with Crippen LogP contribution in [0.5, 0.6) is 0 Å². The molecule has 0 saturated carbocycles. The van der Waals surface area contributed by atoms with Crippen molar-refractivity contribution in [1.82, 2.24) is 5.16 Å². The first-order valence-electron chi connectivity index (χ1n) is 12.3. The van der Waals surface area contributed by atoms with E-state index in [0.29, 0.717) is 27.6 Å². The molecule has 3 aromatic carbocycles. The number of amides is 2. The Morgan fingerprint density at radius 3 is 2.49 bits per heavy atom. The maximum Gasteiger partial charge on any atom is 0.297 e. The number of carbonyl (C=O) groups excluding carboxylic acids is 2. The predicted molar refractivity (Wildman–Crippen MR) is 145 cm³/mol. The number of carbonyl (C=O) groups is 2. The van der Waals surface area contributed by atoms with Gasteiger partial charge in [0.1, 0.15) is 11.3 Å². The molecule has 0 aliphatic carbocycles. The number of anilines is 2. The lowest BCUT2D eigenvalue weighted by Gasteiger charge is -2.32. The summed E-state index contributed by atoms with van der Waals surface area (Å²) in [6, 6.07) is 21.1. The minimum Gasteiger partial charge on any atom is -0.450 e. The number of nitrogens with zero attached hydrogens (tertiary/aromatic N) is 3. The molecule has 0 fully saturated rings. The van der Waals surface area contributed by atoms with E-state index in [2.05, 4.69) is 5.16 Å². The molecule has 39 heavy (non-hydrogen) atoms. The standard InChI is InChI=1S/C30H20ClN3O5/c1-16-11-12-23-19(13-16)26(35)25-27(38-23)28(36)34(24-14-17(2)39-32-24)30(25)20-8-4-6-10-22(20)33(29(30)37)15-18-7-3-5-9-21(18)31/h3-14H,15H2,1-2H3. The topological polar surface area (TPSA) is 96.9 Å². The van der Waals surface area contributed by atoms with Gasteiger partial charge in [0.05, 0.1) is 23.2 Å². The molecule has 2 aliphatic heterocycles. The Balaban J connectivity index is 1.57. The number of aromatic nitrogens is 1. The third-order valence-corrected chi connectivity index (χ3v) is 7.78. The second kappa shape index (κ2) is 8.15. The summed E-state index contributed by atoms with van der Waals surface area (Å²) >= 11 is 6.48. The van der Waals surface area contributed by atoms with E-state index in [1.807, 2.05) is 25.1 Å². The van der Waals surface area contributed by atoms with Crippen molar-refractivity contribution in [3.8, 4) is 0 Å². The number of aryl methyl sites for hydroxylation is 2. The average molecular weight is 538 g/mol. The van der Waals surface area contributed by atoms with Gasteiger partial charge in [-0.15, -0.1) is 0 Å². The zero-order valence-electron chi connectivity index (χ0n) is 20.9. The van der Waals surface area contributed by atoms with Gasteiger partial charge < -0.3 is 13.8 Å². The maximum atomic E-state index is 14.8. The molecule has 4 heterocycles. The number of para-hydroxylation sites is 1. The summed E-state index contributed by atoms with van der Waals surface area (Å²) in [4.78, 5) is 46.0. The highest BCUT2D eigenvalue weighted by atomic mass is 35.5. The van der Waals surface area contributed by atoms with Gasteiger partial charge in [0.25, 0.3) is 11.8 Å². The van der Waals surface area contributed by atoms with Gasteiger partial charge in [0, 0.05) is 16.7 Å². The molecule has 192 valence electrons. The Bertz CT molecular complexity index is 1930. The minimum atomic E-state index is -1.86. The zero-order chi connectivity index (χ0) is 27.1. The highest BCUT2D eigenvalue weighted by molar-refractivity contribution is 6.31. The molecule has 1 atom stereocenters. The van der Waals surface area contributed by atoms with Gasteiger partial charge in [-0.3, -0.25) is 19.3 Å². The van der Waals surface area contributed by atoms with Crippen LogP contribution in [0.4, 0.5) is 11.5 Å². The first kappa shape index (κ1) is 23.4. The van der Waals surface area contributed by atoms with Crippen molar-refractivity contribution in [2.24, 2.45) is 0 Å². The molecule has 9 heteroatoms. The van der Waals surface area contributed by atoms with Gasteiger partial charge in [-0.1, -0.05) is 64.8 Å². The van der Waals surface area contributed by atoms with E-state index in [1.165, 1.54) is 4.90 Å². The van der Waals surface area contributed by atoms with E-state index in [0.717, 1.165) is 5.56 Å². The van der Waals surface area contributed by atoms with Gasteiger partial charge in [0.2, 0.25) is 5.76 Å². The van der Waals surface area contributed by atoms with E-state index in [9.17, 15) is 14.4 Å². The summed E-state index contributed by atoms with van der Waals surface area (Å²) in [5.41, 5.74) is 0.499. The summed E-state index contributed by atoms with van der Waals surface area (Å²) in [5, 5.41) is 4.87. The average Bonchev–Trinajstić information content (AvgIpc) is 3.54. The number of hydrogen-bond donors (Lipinski definition) is 0. The fraction of sp³-hybridized carbons (Fsp3) is 0.133. The normalized spacial score (nSPS) is 17.9. The monoisotopic (exact) mass is 537 g/mol. The highest BCUT2D eigenvalue weighted by Gasteiger charge is 2.66. The summed E-state index contributed by atoms with van der Waals surface area (Å²) in [6.45, 7) is 3.68. The fourth-order valence-corrected chi connectivity index (χ4v) is 5.93. The largest absolute Gasteiger partial charge is 0.450 e. The van der Waals surface area contributed by atoms with E-state index >= 15 is 0 Å². The molecule has 7 rings (SSSR count). The summed E-state index contributed by atoms with van der Waals surface area (Å²) in [7, 11) is 0. The summed E-state index contributed by atoms with van der Waals surface area (Å²) < 4.78 is 11.4. The van der Waals surface area contributed by atoms with Crippen LogP contribution in [0.1, 0.15) is 38.6 Å². The number of fused-ring (bicyclic) bond motifs is 5. The van der Waals surface area contributed by atoms with Crippen LogP contribution >= 0.6 is 11.6 Å². The first-order valence-corrected chi connectivity index (χ1v) is 12.7. The smallest absolute Gasteiger partial charge is 0.297 e. The highest BCUT2D eigenvalue weighted by Crippen LogP contribution is 2.54. The first-order chi connectivity index (χ1) is 18.8. The second-order valence-corrected chi connectivity index (χ2v) is 10.2. The van der Waals surface area contributed by atoms with Crippen molar-refractivity contribution in [2.75, 3.05) is 9.80 Å². The van der Waals surface area contributed by atoms with Crippen molar-refractivity contribution in [3.05, 3.63) is 122 Å². The van der Waals surface area contributed by atoms with E-state index in [-0.39, 0.29) is 34.7 Å². The number of halogens is 1. The van der Waals surface area contributed by atoms with Crippen LogP contribution in [0, 0.1) is 13.8 Å². The van der Waals surface area contributed by atoms with E-state index < -0.39 is 22.8 Å². The number of benzene rings is 3. The Labute approximate surface area is 227 Å². The summed E-state index contributed by atoms with van der Waals surface area (Å²) in [6.07, 6.45) is 0. The molecule has 5 aromatic rings. The Kier molecular flexibility index (Phi) is 4.90. The van der Waals surface area contributed by atoms with Crippen LogP contribution in [0.25, 0.3) is 11.0 Å². The minimum absolute atomic E-state index is 0.0367. The Morgan fingerprint density at radius 2 is 1.72 bits per heavy atom. The second-order valence-electron chi connectivity index (χ2n) is 9.78. The molecule has 0 radical (unpaired) electrons. The fourth-order valence-electron chi connectivity index (χ4n) is 5.73. The molecule has 1 unspecified atom stereocenters. The van der Waals surface area contributed by atoms with Crippen LogP contribution < -0.4 is 15.2 Å². The molecular weight excluding hydrogens is 518 g/mol. The molecule has 0 saturated heterocycles. The molecule has 2 amide bonds. The lowest BCUT2D eigenvalue weighted by atomic mass is 9.84. The molecule has 2 aliphatic rings. The van der Waals surface area contributed by atoms with Crippen LogP contribution in [0.2, 0.25) is 5.02 Å². The lowest BCUT2D eigenvalue weighted by Crippen LogP contribution is -2.53. The zero-order valence-corrected chi connectivity index (χ0v) is 21.7. The third-order valence-electron chi connectivity index (χ3n) is 7.41. The van der Waals surface area contributed by atoms with Crippen LogP contribution in [-0.4, -0.2) is 17.0 Å². The van der Waals surface area contributed by atoms with E-state index in [1.54, 1.807) is 66.4 Å². The van der Waals surface area contributed by atoms with Gasteiger partial charge in [-0.05, 0) is 43.7 Å². The Hall–Kier alpha value is -4.69. The van der Waals surface area contributed by atoms with Crippen LogP contribution in [0.3, 0.4) is 0 Å². The van der Waals surface area contributed by atoms with Crippen molar-refractivity contribution < 1.29 is 18.5 Å².